The molecule has 1 unspecified atom stereocenters. The zero-order valence-corrected chi connectivity index (χ0v) is 15.5. The lowest BCUT2D eigenvalue weighted by Crippen LogP contribution is -2.31. The maximum absolute atomic E-state index is 13.0. The molecule has 5 heteroatoms. The van der Waals surface area contributed by atoms with Gasteiger partial charge in [-0.2, -0.15) is 0 Å². The lowest BCUT2D eigenvalue weighted by molar-refractivity contribution is -0.117. The molecule has 1 N–H and O–H groups in total. The fraction of sp³-hybridized carbons (Fsp3) is 0.0417. The number of ketones is 1. The molecule has 0 spiro atoms. The van der Waals surface area contributed by atoms with Gasteiger partial charge in [0.25, 0.3) is 5.91 Å². The van der Waals surface area contributed by atoms with Gasteiger partial charge in [-0.3, -0.25) is 14.5 Å². The van der Waals surface area contributed by atoms with E-state index in [1.165, 1.54) is 11.0 Å². The van der Waals surface area contributed by atoms with Crippen LogP contribution in [0.3, 0.4) is 0 Å². The fourth-order valence-electron chi connectivity index (χ4n) is 3.37. The summed E-state index contributed by atoms with van der Waals surface area (Å²) in [7, 11) is 0. The summed E-state index contributed by atoms with van der Waals surface area (Å²) in [6, 6.07) is 22.9. The number of pyridine rings is 1. The van der Waals surface area contributed by atoms with Crippen molar-refractivity contribution < 1.29 is 14.7 Å². The molecule has 0 aliphatic carbocycles. The molecule has 5 nitrogen and oxygen atoms in total. The molecule has 0 saturated carbocycles. The van der Waals surface area contributed by atoms with Gasteiger partial charge in [0.1, 0.15) is 5.82 Å². The molecule has 3 aromatic rings. The van der Waals surface area contributed by atoms with Crippen LogP contribution in [0.15, 0.2) is 102 Å². The first kappa shape index (κ1) is 18.4. The van der Waals surface area contributed by atoms with E-state index in [1.54, 1.807) is 30.5 Å². The Morgan fingerprint density at radius 3 is 2.24 bits per heavy atom. The Morgan fingerprint density at radius 1 is 0.931 bits per heavy atom. The number of nitrogens with zero attached hydrogens (tertiary/aromatic N) is 2. The molecule has 0 radical (unpaired) electrons. The Bertz CT molecular complexity index is 1090. The van der Waals surface area contributed by atoms with E-state index < -0.39 is 23.5 Å². The van der Waals surface area contributed by atoms with E-state index in [0.29, 0.717) is 11.4 Å². The standard InChI is InChI=1S/C24H18N2O3/c27-19(15-14-17-9-3-1-4-10-17)21-22(18-11-5-2-6-12-18)26(24(29)23(21)28)20-13-7-8-16-25-20/h1-16,22,28H/b15-14+. The number of hydrogen-bond acceptors (Lipinski definition) is 4. The van der Waals surface area contributed by atoms with Gasteiger partial charge in [-0.15, -0.1) is 0 Å². The Morgan fingerprint density at radius 2 is 1.59 bits per heavy atom. The lowest BCUT2D eigenvalue weighted by atomic mass is 9.95. The van der Waals surface area contributed by atoms with Crippen LogP contribution >= 0.6 is 0 Å². The van der Waals surface area contributed by atoms with Crippen LogP contribution < -0.4 is 4.90 Å². The van der Waals surface area contributed by atoms with Crippen LogP contribution in [0.4, 0.5) is 5.82 Å². The second-order valence-corrected chi connectivity index (χ2v) is 6.55. The SMILES string of the molecule is O=C(/C=C/c1ccccc1)C1=C(O)C(=O)N(c2ccccn2)C1c1ccccc1. The van der Waals surface area contributed by atoms with Crippen LogP contribution in [0.2, 0.25) is 0 Å². The molecular weight excluding hydrogens is 364 g/mol. The quantitative estimate of drug-likeness (QED) is 0.669. The van der Waals surface area contributed by atoms with Crippen molar-refractivity contribution >= 4 is 23.6 Å². The van der Waals surface area contributed by atoms with Crippen LogP contribution in [0.1, 0.15) is 17.2 Å². The largest absolute Gasteiger partial charge is 0.503 e. The third-order valence-corrected chi connectivity index (χ3v) is 4.71. The molecule has 4 rings (SSSR count). The van der Waals surface area contributed by atoms with Gasteiger partial charge in [0.2, 0.25) is 0 Å². The topological polar surface area (TPSA) is 70.5 Å². The van der Waals surface area contributed by atoms with Crippen molar-refractivity contribution in [2.75, 3.05) is 4.90 Å². The van der Waals surface area contributed by atoms with Gasteiger partial charge in [0.15, 0.2) is 11.5 Å². The number of benzene rings is 2. The molecule has 1 aliphatic rings. The van der Waals surface area contributed by atoms with Gasteiger partial charge in [-0.25, -0.2) is 4.98 Å². The van der Waals surface area contributed by atoms with Crippen molar-refractivity contribution in [1.29, 1.82) is 0 Å². The minimum atomic E-state index is -0.758. The maximum Gasteiger partial charge on any atom is 0.295 e. The minimum Gasteiger partial charge on any atom is -0.503 e. The molecule has 142 valence electrons. The van der Waals surface area contributed by atoms with E-state index >= 15 is 0 Å². The Balaban J connectivity index is 1.77. The summed E-state index contributed by atoms with van der Waals surface area (Å²) in [6.07, 6.45) is 4.61. The molecule has 29 heavy (non-hydrogen) atoms. The summed E-state index contributed by atoms with van der Waals surface area (Å²) >= 11 is 0. The van der Waals surface area contributed by atoms with Gasteiger partial charge >= 0.3 is 0 Å². The first-order chi connectivity index (χ1) is 14.2. The van der Waals surface area contributed by atoms with Gasteiger partial charge < -0.3 is 5.11 Å². The van der Waals surface area contributed by atoms with Crippen LogP contribution in [0.5, 0.6) is 0 Å². The number of carbonyl (C=O) groups excluding carboxylic acids is 2. The Kier molecular flexibility index (Phi) is 5.03. The van der Waals surface area contributed by atoms with E-state index in [-0.39, 0.29) is 5.57 Å². The predicted molar refractivity (Wildman–Crippen MR) is 111 cm³/mol. The smallest absolute Gasteiger partial charge is 0.295 e. The Hall–Kier alpha value is -3.99. The number of carbonyl (C=O) groups is 2. The zero-order valence-electron chi connectivity index (χ0n) is 15.5. The highest BCUT2D eigenvalue weighted by Gasteiger charge is 2.44. The van der Waals surface area contributed by atoms with Crippen molar-refractivity contribution in [3.05, 3.63) is 114 Å². The molecule has 1 atom stereocenters. The predicted octanol–water partition coefficient (Wildman–Crippen LogP) is 4.26. The molecule has 1 aromatic heterocycles. The highest BCUT2D eigenvalue weighted by atomic mass is 16.3. The first-order valence-electron chi connectivity index (χ1n) is 9.17. The van der Waals surface area contributed by atoms with Gasteiger partial charge in [0.05, 0.1) is 11.6 Å². The number of hydrogen-bond donors (Lipinski definition) is 1. The van der Waals surface area contributed by atoms with Crippen LogP contribution in [-0.4, -0.2) is 21.8 Å². The minimum absolute atomic E-state index is 0.0408. The molecule has 0 fully saturated rings. The number of anilines is 1. The fourth-order valence-corrected chi connectivity index (χ4v) is 3.37. The zero-order chi connectivity index (χ0) is 20.2. The van der Waals surface area contributed by atoms with Crippen molar-refractivity contribution in [2.45, 2.75) is 6.04 Å². The molecule has 1 amide bonds. The molecule has 0 bridgehead atoms. The van der Waals surface area contributed by atoms with Gasteiger partial charge in [0, 0.05) is 6.20 Å². The third-order valence-electron chi connectivity index (χ3n) is 4.71. The van der Waals surface area contributed by atoms with Crippen LogP contribution in [-0.2, 0) is 9.59 Å². The molecule has 2 aromatic carbocycles. The molecular formula is C24H18N2O3. The third kappa shape index (κ3) is 3.58. The summed E-state index contributed by atoms with van der Waals surface area (Å²) < 4.78 is 0. The highest BCUT2D eigenvalue weighted by molar-refractivity contribution is 6.19. The monoisotopic (exact) mass is 382 g/mol. The van der Waals surface area contributed by atoms with Crippen molar-refractivity contribution in [3.63, 3.8) is 0 Å². The number of amides is 1. The lowest BCUT2D eigenvalue weighted by Gasteiger charge is -2.25. The highest BCUT2D eigenvalue weighted by Crippen LogP contribution is 2.40. The first-order valence-corrected chi connectivity index (χ1v) is 9.17. The normalized spacial score (nSPS) is 16.6. The number of aliphatic hydroxyl groups excluding tert-OH is 1. The second kappa shape index (κ2) is 7.94. The van der Waals surface area contributed by atoms with Crippen LogP contribution in [0, 0.1) is 0 Å². The van der Waals surface area contributed by atoms with Crippen molar-refractivity contribution in [1.82, 2.24) is 4.98 Å². The van der Waals surface area contributed by atoms with Crippen molar-refractivity contribution in [3.8, 4) is 0 Å². The van der Waals surface area contributed by atoms with Gasteiger partial charge in [-0.05, 0) is 29.3 Å². The van der Waals surface area contributed by atoms with E-state index in [4.69, 9.17) is 0 Å². The average molecular weight is 382 g/mol. The molecule has 2 heterocycles. The number of aromatic nitrogens is 1. The van der Waals surface area contributed by atoms with E-state index in [0.717, 1.165) is 5.56 Å². The number of aliphatic hydroxyl groups is 1. The van der Waals surface area contributed by atoms with E-state index in [1.807, 2.05) is 60.7 Å². The molecule has 0 saturated heterocycles. The van der Waals surface area contributed by atoms with Gasteiger partial charge in [-0.1, -0.05) is 72.8 Å². The Labute approximate surface area is 168 Å². The number of rotatable bonds is 5. The summed E-state index contributed by atoms with van der Waals surface area (Å²) in [5.74, 6) is -1.25. The average Bonchev–Trinajstić information content (AvgIpc) is 3.05. The van der Waals surface area contributed by atoms with Crippen LogP contribution in [0.25, 0.3) is 6.08 Å². The summed E-state index contributed by atoms with van der Waals surface area (Å²) in [4.78, 5) is 31.5. The maximum atomic E-state index is 13.0. The van der Waals surface area contributed by atoms with E-state index in [2.05, 4.69) is 4.98 Å². The summed E-state index contributed by atoms with van der Waals surface area (Å²) in [5, 5.41) is 10.6. The molecule has 1 aliphatic heterocycles. The van der Waals surface area contributed by atoms with E-state index in [9.17, 15) is 14.7 Å². The summed E-state index contributed by atoms with van der Waals surface area (Å²) in [5.41, 5.74) is 1.61. The van der Waals surface area contributed by atoms with Crippen molar-refractivity contribution in [2.24, 2.45) is 0 Å². The number of allylic oxidation sites excluding steroid dienone is 1. The second-order valence-electron chi connectivity index (χ2n) is 6.55. The summed E-state index contributed by atoms with van der Waals surface area (Å²) in [6.45, 7) is 0.